The molecule has 0 amide bonds. The molecule has 1 aliphatic rings. The van der Waals surface area contributed by atoms with Crippen LogP contribution in [0.4, 0.5) is 0 Å². The number of nitrogens with one attached hydrogen (secondary N) is 1. The molecule has 1 aromatic rings. The van der Waals surface area contributed by atoms with Crippen molar-refractivity contribution in [2.75, 3.05) is 19.4 Å². The van der Waals surface area contributed by atoms with E-state index in [1.165, 1.54) is 41.8 Å². The lowest BCUT2D eigenvalue weighted by Gasteiger charge is -2.23. The van der Waals surface area contributed by atoms with Crippen LogP contribution in [0.15, 0.2) is 17.0 Å². The third-order valence-electron chi connectivity index (χ3n) is 3.63. The quantitative estimate of drug-likeness (QED) is 0.841. The lowest BCUT2D eigenvalue weighted by Crippen LogP contribution is -2.35. The molecular weight excluding hydrogens is 242 g/mol. The standard InChI is InChI=1S/C15H23NOS/c1-11-8-14(17-3)15(9-12(11)2)18-10-13-6-4-5-7-16-13/h8-9,13,16H,4-7,10H2,1-3H3. The summed E-state index contributed by atoms with van der Waals surface area (Å²) < 4.78 is 5.48. The van der Waals surface area contributed by atoms with Gasteiger partial charge in [-0.3, -0.25) is 0 Å². The van der Waals surface area contributed by atoms with E-state index in [-0.39, 0.29) is 0 Å². The van der Waals surface area contributed by atoms with Gasteiger partial charge in [0.1, 0.15) is 5.75 Å². The minimum atomic E-state index is 0.662. The van der Waals surface area contributed by atoms with Crippen molar-refractivity contribution >= 4 is 11.8 Å². The van der Waals surface area contributed by atoms with E-state index in [4.69, 9.17) is 4.74 Å². The Labute approximate surface area is 114 Å². The van der Waals surface area contributed by atoms with E-state index in [1.807, 2.05) is 11.8 Å². The predicted molar refractivity (Wildman–Crippen MR) is 78.8 cm³/mol. The van der Waals surface area contributed by atoms with Crippen LogP contribution in [0.1, 0.15) is 30.4 Å². The summed E-state index contributed by atoms with van der Waals surface area (Å²) >= 11 is 1.91. The van der Waals surface area contributed by atoms with Crippen LogP contribution in [0, 0.1) is 13.8 Å². The zero-order valence-corrected chi connectivity index (χ0v) is 12.4. The molecule has 1 aliphatic heterocycles. The summed E-state index contributed by atoms with van der Waals surface area (Å²) in [6.45, 7) is 5.47. The van der Waals surface area contributed by atoms with Crippen LogP contribution < -0.4 is 10.1 Å². The van der Waals surface area contributed by atoms with Crippen molar-refractivity contribution in [3.05, 3.63) is 23.3 Å². The van der Waals surface area contributed by atoms with Gasteiger partial charge < -0.3 is 10.1 Å². The van der Waals surface area contributed by atoms with E-state index in [0.717, 1.165) is 11.5 Å². The molecule has 2 nitrogen and oxygen atoms in total. The van der Waals surface area contributed by atoms with Gasteiger partial charge in [-0.05, 0) is 56.5 Å². The lowest BCUT2D eigenvalue weighted by molar-refractivity contribution is 0.404. The summed E-state index contributed by atoms with van der Waals surface area (Å²) in [6.07, 6.45) is 4.00. The number of methoxy groups -OCH3 is 1. The first-order valence-electron chi connectivity index (χ1n) is 6.72. The van der Waals surface area contributed by atoms with Gasteiger partial charge >= 0.3 is 0 Å². The summed E-state index contributed by atoms with van der Waals surface area (Å²) in [5.74, 6) is 2.15. The lowest BCUT2D eigenvalue weighted by atomic mass is 10.1. The zero-order valence-electron chi connectivity index (χ0n) is 11.6. The molecule has 100 valence electrons. The molecule has 2 rings (SSSR count). The number of thioether (sulfide) groups is 1. The molecular formula is C15H23NOS. The normalized spacial score (nSPS) is 19.8. The van der Waals surface area contributed by atoms with E-state index in [9.17, 15) is 0 Å². The van der Waals surface area contributed by atoms with Crippen molar-refractivity contribution in [3.63, 3.8) is 0 Å². The Bertz CT molecular complexity index is 400. The Morgan fingerprint density at radius 3 is 2.72 bits per heavy atom. The number of rotatable bonds is 4. The molecule has 0 radical (unpaired) electrons. The summed E-state index contributed by atoms with van der Waals surface area (Å²) in [5.41, 5.74) is 2.64. The molecule has 0 bridgehead atoms. The molecule has 1 saturated heterocycles. The molecule has 0 aliphatic carbocycles. The highest BCUT2D eigenvalue weighted by Gasteiger charge is 2.14. The van der Waals surface area contributed by atoms with Crippen LogP contribution in [-0.4, -0.2) is 25.4 Å². The van der Waals surface area contributed by atoms with Crippen molar-refractivity contribution in [2.45, 2.75) is 44.0 Å². The molecule has 1 fully saturated rings. The van der Waals surface area contributed by atoms with E-state index >= 15 is 0 Å². The molecule has 0 spiro atoms. The topological polar surface area (TPSA) is 21.3 Å². The highest BCUT2D eigenvalue weighted by Crippen LogP contribution is 2.32. The van der Waals surface area contributed by atoms with Crippen LogP contribution in [-0.2, 0) is 0 Å². The largest absolute Gasteiger partial charge is 0.496 e. The number of ether oxygens (including phenoxy) is 1. The zero-order chi connectivity index (χ0) is 13.0. The first-order chi connectivity index (χ1) is 8.70. The third-order valence-corrected chi connectivity index (χ3v) is 4.83. The second-order valence-corrected chi connectivity index (χ2v) is 6.11. The maximum Gasteiger partial charge on any atom is 0.132 e. The molecule has 1 aromatic carbocycles. The van der Waals surface area contributed by atoms with E-state index < -0.39 is 0 Å². The molecule has 18 heavy (non-hydrogen) atoms. The maximum atomic E-state index is 5.48. The second kappa shape index (κ2) is 6.48. The van der Waals surface area contributed by atoms with E-state index in [0.29, 0.717) is 6.04 Å². The van der Waals surface area contributed by atoms with Crippen LogP contribution in [0.5, 0.6) is 5.75 Å². The van der Waals surface area contributed by atoms with Gasteiger partial charge in [0.05, 0.1) is 7.11 Å². The minimum absolute atomic E-state index is 0.662. The molecule has 1 heterocycles. The van der Waals surface area contributed by atoms with Crippen molar-refractivity contribution in [3.8, 4) is 5.75 Å². The fourth-order valence-corrected chi connectivity index (χ4v) is 3.50. The summed E-state index contributed by atoms with van der Waals surface area (Å²) in [5, 5.41) is 3.59. The Morgan fingerprint density at radius 2 is 2.06 bits per heavy atom. The van der Waals surface area contributed by atoms with Crippen LogP contribution in [0.25, 0.3) is 0 Å². The Hall–Kier alpha value is -0.670. The third kappa shape index (κ3) is 3.42. The van der Waals surface area contributed by atoms with Crippen molar-refractivity contribution < 1.29 is 4.74 Å². The van der Waals surface area contributed by atoms with Crippen molar-refractivity contribution in [1.29, 1.82) is 0 Å². The van der Waals surface area contributed by atoms with Crippen LogP contribution in [0.2, 0.25) is 0 Å². The summed E-state index contributed by atoms with van der Waals surface area (Å²) in [6, 6.07) is 5.06. The van der Waals surface area contributed by atoms with Gasteiger partial charge in [0, 0.05) is 16.7 Å². The Morgan fingerprint density at radius 1 is 1.28 bits per heavy atom. The van der Waals surface area contributed by atoms with Crippen molar-refractivity contribution in [1.82, 2.24) is 5.32 Å². The number of piperidine rings is 1. The van der Waals surface area contributed by atoms with Gasteiger partial charge in [-0.2, -0.15) is 0 Å². The van der Waals surface area contributed by atoms with E-state index in [2.05, 4.69) is 31.3 Å². The monoisotopic (exact) mass is 265 g/mol. The molecule has 0 saturated carbocycles. The highest BCUT2D eigenvalue weighted by atomic mass is 32.2. The number of hydrogen-bond acceptors (Lipinski definition) is 3. The fourth-order valence-electron chi connectivity index (χ4n) is 2.29. The number of aryl methyl sites for hydroxylation is 2. The van der Waals surface area contributed by atoms with Gasteiger partial charge in [-0.15, -0.1) is 11.8 Å². The smallest absolute Gasteiger partial charge is 0.132 e. The summed E-state index contributed by atoms with van der Waals surface area (Å²) in [7, 11) is 1.76. The average molecular weight is 265 g/mol. The second-order valence-electron chi connectivity index (χ2n) is 5.05. The van der Waals surface area contributed by atoms with Crippen LogP contribution in [0.3, 0.4) is 0 Å². The molecule has 1 N–H and O–H groups in total. The first kappa shape index (κ1) is 13.8. The maximum absolute atomic E-state index is 5.48. The van der Waals surface area contributed by atoms with Gasteiger partial charge in [-0.25, -0.2) is 0 Å². The minimum Gasteiger partial charge on any atom is -0.496 e. The van der Waals surface area contributed by atoms with Gasteiger partial charge in [0.25, 0.3) is 0 Å². The summed E-state index contributed by atoms with van der Waals surface area (Å²) in [4.78, 5) is 1.27. The van der Waals surface area contributed by atoms with Crippen LogP contribution >= 0.6 is 11.8 Å². The first-order valence-corrected chi connectivity index (χ1v) is 7.70. The van der Waals surface area contributed by atoms with Gasteiger partial charge in [0.2, 0.25) is 0 Å². The fraction of sp³-hybridized carbons (Fsp3) is 0.600. The average Bonchev–Trinajstić information content (AvgIpc) is 2.41. The Balaban J connectivity index is 2.01. The SMILES string of the molecule is COc1cc(C)c(C)cc1SCC1CCCCN1. The predicted octanol–water partition coefficient (Wildman–Crippen LogP) is 3.55. The molecule has 1 unspecified atom stereocenters. The number of benzene rings is 1. The number of hydrogen-bond donors (Lipinski definition) is 1. The van der Waals surface area contributed by atoms with E-state index in [1.54, 1.807) is 7.11 Å². The molecule has 0 aromatic heterocycles. The Kier molecular flexibility index (Phi) is 4.95. The van der Waals surface area contributed by atoms with Gasteiger partial charge in [0.15, 0.2) is 0 Å². The molecule has 3 heteroatoms. The van der Waals surface area contributed by atoms with Gasteiger partial charge in [-0.1, -0.05) is 6.42 Å². The molecule has 1 atom stereocenters. The van der Waals surface area contributed by atoms with Crippen molar-refractivity contribution in [2.24, 2.45) is 0 Å². The highest BCUT2D eigenvalue weighted by molar-refractivity contribution is 7.99.